The van der Waals surface area contributed by atoms with Gasteiger partial charge in [-0.25, -0.2) is 0 Å². The van der Waals surface area contributed by atoms with Crippen molar-refractivity contribution >= 4 is 28.8 Å². The minimum atomic E-state index is -0.363. The van der Waals surface area contributed by atoms with Crippen molar-refractivity contribution in [3.05, 3.63) is 35.1 Å². The monoisotopic (exact) mass is 292 g/mol. The SMILES string of the molecule is COc1c(C)cccc1NC(=S)C1=C(O)CCNC1=O. The first-order chi connectivity index (χ1) is 9.54. The molecule has 0 saturated carbocycles. The number of ether oxygens (including phenoxy) is 1. The number of aliphatic hydroxyl groups is 1. The van der Waals surface area contributed by atoms with Gasteiger partial charge in [-0.3, -0.25) is 4.79 Å². The molecule has 3 N–H and O–H groups in total. The second-order valence-corrected chi connectivity index (χ2v) is 4.85. The molecule has 0 radical (unpaired) electrons. The fourth-order valence-corrected chi connectivity index (χ4v) is 2.40. The van der Waals surface area contributed by atoms with E-state index in [4.69, 9.17) is 17.0 Å². The number of methoxy groups -OCH3 is 1. The highest BCUT2D eigenvalue weighted by Crippen LogP contribution is 2.29. The van der Waals surface area contributed by atoms with Gasteiger partial charge in [-0.2, -0.15) is 0 Å². The summed E-state index contributed by atoms with van der Waals surface area (Å²) in [6, 6.07) is 5.57. The molecule has 106 valence electrons. The van der Waals surface area contributed by atoms with Crippen LogP contribution in [-0.4, -0.2) is 29.7 Å². The van der Waals surface area contributed by atoms with Crippen LogP contribution in [0, 0.1) is 6.92 Å². The molecule has 0 atom stereocenters. The molecule has 0 bridgehead atoms. The van der Waals surface area contributed by atoms with Gasteiger partial charge in [-0.15, -0.1) is 0 Å². The number of amides is 1. The molecule has 0 unspecified atom stereocenters. The van der Waals surface area contributed by atoms with Crippen molar-refractivity contribution < 1.29 is 14.6 Å². The number of carbonyl (C=O) groups is 1. The number of aliphatic hydroxyl groups excluding tert-OH is 1. The molecule has 5 nitrogen and oxygen atoms in total. The van der Waals surface area contributed by atoms with Crippen LogP contribution in [0.4, 0.5) is 5.69 Å². The number of anilines is 1. The summed E-state index contributed by atoms with van der Waals surface area (Å²) in [5.41, 5.74) is 1.73. The van der Waals surface area contributed by atoms with Crippen LogP contribution >= 0.6 is 12.2 Å². The predicted octanol–water partition coefficient (Wildman–Crippen LogP) is 2.07. The van der Waals surface area contributed by atoms with Crippen molar-refractivity contribution in [3.63, 3.8) is 0 Å². The van der Waals surface area contributed by atoms with Crippen LogP contribution in [-0.2, 0) is 4.79 Å². The molecule has 1 aromatic carbocycles. The molecule has 1 amide bonds. The standard InChI is InChI=1S/C14H16N2O3S/c1-8-4-3-5-9(12(8)19-2)16-14(20)11-10(17)6-7-15-13(11)18/h3-5,17H,6-7H2,1-2H3,(H,15,18)(H,16,20). The summed E-state index contributed by atoms with van der Waals surface area (Å²) in [6.45, 7) is 2.33. The third kappa shape index (κ3) is 2.75. The topological polar surface area (TPSA) is 70.6 Å². The Balaban J connectivity index is 2.29. The zero-order chi connectivity index (χ0) is 14.7. The van der Waals surface area contributed by atoms with Crippen molar-refractivity contribution in [2.24, 2.45) is 0 Å². The lowest BCUT2D eigenvalue weighted by atomic mass is 10.1. The Morgan fingerprint density at radius 3 is 2.90 bits per heavy atom. The maximum Gasteiger partial charge on any atom is 0.257 e. The molecule has 0 aromatic heterocycles. The molecule has 0 spiro atoms. The second-order valence-electron chi connectivity index (χ2n) is 4.44. The summed E-state index contributed by atoms with van der Waals surface area (Å²) < 4.78 is 5.32. The molecular weight excluding hydrogens is 276 g/mol. The van der Waals surface area contributed by atoms with Crippen LogP contribution in [0.3, 0.4) is 0 Å². The summed E-state index contributed by atoms with van der Waals surface area (Å²) in [6.07, 6.45) is 0.383. The summed E-state index contributed by atoms with van der Waals surface area (Å²) in [5, 5.41) is 15.4. The number of rotatable bonds is 3. The molecule has 0 saturated heterocycles. The average molecular weight is 292 g/mol. The Kier molecular flexibility index (Phi) is 4.24. The van der Waals surface area contributed by atoms with Crippen LogP contribution < -0.4 is 15.4 Å². The molecule has 20 heavy (non-hydrogen) atoms. The molecule has 6 heteroatoms. The van der Waals surface area contributed by atoms with Crippen molar-refractivity contribution in [3.8, 4) is 5.75 Å². The molecule has 1 aliphatic heterocycles. The van der Waals surface area contributed by atoms with Crippen LogP contribution in [0.25, 0.3) is 0 Å². The lowest BCUT2D eigenvalue weighted by molar-refractivity contribution is -0.117. The number of hydrogen-bond acceptors (Lipinski definition) is 4. The molecule has 2 rings (SSSR count). The van der Waals surface area contributed by atoms with E-state index in [-0.39, 0.29) is 22.2 Å². The van der Waals surface area contributed by atoms with E-state index in [2.05, 4.69) is 10.6 Å². The van der Waals surface area contributed by atoms with Crippen LogP contribution in [0.1, 0.15) is 12.0 Å². The van der Waals surface area contributed by atoms with Gasteiger partial charge in [0, 0.05) is 13.0 Å². The van der Waals surface area contributed by atoms with Gasteiger partial charge in [-0.05, 0) is 18.6 Å². The van der Waals surface area contributed by atoms with Crippen LogP contribution in [0.2, 0.25) is 0 Å². The van der Waals surface area contributed by atoms with Gasteiger partial charge in [0.2, 0.25) is 0 Å². The first-order valence-electron chi connectivity index (χ1n) is 6.20. The number of hydrogen-bond donors (Lipinski definition) is 3. The summed E-state index contributed by atoms with van der Waals surface area (Å²) >= 11 is 5.22. The van der Waals surface area contributed by atoms with E-state index in [0.29, 0.717) is 24.4 Å². The molecule has 1 heterocycles. The number of benzene rings is 1. The number of thiocarbonyl (C=S) groups is 1. The quantitative estimate of drug-likeness (QED) is 0.744. The first-order valence-corrected chi connectivity index (χ1v) is 6.60. The van der Waals surface area contributed by atoms with Gasteiger partial charge in [0.1, 0.15) is 22.1 Å². The number of carbonyl (C=O) groups excluding carboxylic acids is 1. The van der Waals surface area contributed by atoms with Gasteiger partial charge < -0.3 is 20.5 Å². The number of aryl methyl sites for hydroxylation is 1. The lowest BCUT2D eigenvalue weighted by Crippen LogP contribution is -2.36. The fraction of sp³-hybridized carbons (Fsp3) is 0.286. The van der Waals surface area contributed by atoms with E-state index in [0.717, 1.165) is 5.56 Å². The zero-order valence-electron chi connectivity index (χ0n) is 11.3. The molecule has 1 aromatic rings. The van der Waals surface area contributed by atoms with Crippen molar-refractivity contribution in [1.82, 2.24) is 5.32 Å². The van der Waals surface area contributed by atoms with Gasteiger partial charge in [0.15, 0.2) is 0 Å². The third-order valence-electron chi connectivity index (χ3n) is 3.05. The average Bonchev–Trinajstić information content (AvgIpc) is 2.38. The van der Waals surface area contributed by atoms with Gasteiger partial charge in [0.05, 0.1) is 12.8 Å². The minimum absolute atomic E-state index is 0.0119. The van der Waals surface area contributed by atoms with Gasteiger partial charge in [-0.1, -0.05) is 24.4 Å². The van der Waals surface area contributed by atoms with Gasteiger partial charge >= 0.3 is 0 Å². The van der Waals surface area contributed by atoms with E-state index in [1.807, 2.05) is 19.1 Å². The second kappa shape index (κ2) is 5.92. The van der Waals surface area contributed by atoms with Gasteiger partial charge in [0.25, 0.3) is 5.91 Å². The van der Waals surface area contributed by atoms with E-state index in [9.17, 15) is 9.90 Å². The lowest BCUT2D eigenvalue weighted by Gasteiger charge is -2.19. The molecule has 0 fully saturated rings. The Hall–Kier alpha value is -2.08. The van der Waals surface area contributed by atoms with E-state index in [1.54, 1.807) is 13.2 Å². The van der Waals surface area contributed by atoms with E-state index >= 15 is 0 Å². The Morgan fingerprint density at radius 2 is 2.25 bits per heavy atom. The Labute approximate surface area is 122 Å². The Morgan fingerprint density at radius 1 is 1.50 bits per heavy atom. The molecule has 1 aliphatic rings. The normalized spacial score (nSPS) is 14.8. The summed E-state index contributed by atoms with van der Waals surface area (Å²) in [4.78, 5) is 12.0. The smallest absolute Gasteiger partial charge is 0.257 e. The summed E-state index contributed by atoms with van der Waals surface area (Å²) in [7, 11) is 1.57. The molecule has 0 aliphatic carbocycles. The minimum Gasteiger partial charge on any atom is -0.511 e. The van der Waals surface area contributed by atoms with E-state index < -0.39 is 0 Å². The van der Waals surface area contributed by atoms with Crippen molar-refractivity contribution in [2.75, 3.05) is 19.0 Å². The van der Waals surface area contributed by atoms with E-state index in [1.165, 1.54) is 0 Å². The van der Waals surface area contributed by atoms with Crippen LogP contribution in [0.15, 0.2) is 29.5 Å². The first kappa shape index (κ1) is 14.3. The zero-order valence-corrected chi connectivity index (χ0v) is 12.1. The number of para-hydroxylation sites is 1. The molecular formula is C14H16N2O3S. The highest BCUT2D eigenvalue weighted by molar-refractivity contribution is 7.81. The third-order valence-corrected chi connectivity index (χ3v) is 3.36. The van der Waals surface area contributed by atoms with Crippen molar-refractivity contribution in [1.29, 1.82) is 0 Å². The number of nitrogens with one attached hydrogen (secondary N) is 2. The largest absolute Gasteiger partial charge is 0.511 e. The fourth-order valence-electron chi connectivity index (χ4n) is 2.08. The predicted molar refractivity (Wildman–Crippen MR) is 81.2 cm³/mol. The maximum atomic E-state index is 11.8. The van der Waals surface area contributed by atoms with Crippen molar-refractivity contribution in [2.45, 2.75) is 13.3 Å². The Bertz CT molecular complexity index is 596. The highest BCUT2D eigenvalue weighted by atomic mass is 32.1. The van der Waals surface area contributed by atoms with Crippen LogP contribution in [0.5, 0.6) is 5.75 Å². The highest BCUT2D eigenvalue weighted by Gasteiger charge is 2.24. The maximum absolute atomic E-state index is 11.8. The summed E-state index contributed by atoms with van der Waals surface area (Å²) in [5.74, 6) is 0.307.